The van der Waals surface area contributed by atoms with Crippen LogP contribution in [0.3, 0.4) is 0 Å². The van der Waals surface area contributed by atoms with Crippen LogP contribution in [0.4, 0.5) is 0 Å². The SMILES string of the molecule is CC(C)N1CCN=C1c1cccc(Cl)n1. The second kappa shape index (κ2) is 4.19. The Morgan fingerprint density at radius 2 is 2.20 bits per heavy atom. The summed E-state index contributed by atoms with van der Waals surface area (Å²) >= 11 is 5.87. The first kappa shape index (κ1) is 10.4. The van der Waals surface area contributed by atoms with E-state index in [1.165, 1.54) is 0 Å². The maximum atomic E-state index is 5.87. The molecule has 0 N–H and O–H groups in total. The predicted octanol–water partition coefficient (Wildman–Crippen LogP) is 2.21. The monoisotopic (exact) mass is 223 g/mol. The van der Waals surface area contributed by atoms with Gasteiger partial charge in [0.1, 0.15) is 16.7 Å². The van der Waals surface area contributed by atoms with E-state index < -0.39 is 0 Å². The summed E-state index contributed by atoms with van der Waals surface area (Å²) in [7, 11) is 0. The minimum absolute atomic E-state index is 0.451. The van der Waals surface area contributed by atoms with Crippen LogP contribution < -0.4 is 0 Å². The fraction of sp³-hybridized carbons (Fsp3) is 0.455. The van der Waals surface area contributed by atoms with Crippen LogP contribution in [0.1, 0.15) is 19.5 Å². The average Bonchev–Trinajstić information content (AvgIpc) is 2.65. The lowest BCUT2D eigenvalue weighted by molar-refractivity contribution is 0.380. The summed E-state index contributed by atoms with van der Waals surface area (Å²) in [6.45, 7) is 6.14. The third-order valence-corrected chi connectivity index (χ3v) is 2.65. The molecule has 1 aromatic rings. The van der Waals surface area contributed by atoms with Gasteiger partial charge in [0.2, 0.25) is 0 Å². The van der Waals surface area contributed by atoms with E-state index in [1.54, 1.807) is 6.07 Å². The molecule has 0 saturated heterocycles. The van der Waals surface area contributed by atoms with Gasteiger partial charge in [0.05, 0.1) is 6.54 Å². The molecule has 1 aliphatic heterocycles. The molecule has 0 radical (unpaired) electrons. The van der Waals surface area contributed by atoms with E-state index in [0.717, 1.165) is 24.6 Å². The minimum atomic E-state index is 0.451. The standard InChI is InChI=1S/C11H14ClN3/c1-8(2)15-7-6-13-11(15)9-4-3-5-10(12)14-9/h3-5,8H,6-7H2,1-2H3. The van der Waals surface area contributed by atoms with Gasteiger partial charge in [-0.25, -0.2) is 4.98 Å². The van der Waals surface area contributed by atoms with Crippen molar-refractivity contribution in [2.75, 3.05) is 13.1 Å². The highest BCUT2D eigenvalue weighted by molar-refractivity contribution is 6.29. The summed E-state index contributed by atoms with van der Waals surface area (Å²) in [6.07, 6.45) is 0. The molecule has 3 nitrogen and oxygen atoms in total. The summed E-state index contributed by atoms with van der Waals surface area (Å²) < 4.78 is 0. The van der Waals surface area contributed by atoms with Crippen molar-refractivity contribution in [2.45, 2.75) is 19.9 Å². The molecule has 15 heavy (non-hydrogen) atoms. The lowest BCUT2D eigenvalue weighted by Gasteiger charge is -2.24. The quantitative estimate of drug-likeness (QED) is 0.720. The molecule has 2 rings (SSSR count). The van der Waals surface area contributed by atoms with Crippen molar-refractivity contribution >= 4 is 17.4 Å². The second-order valence-electron chi connectivity index (χ2n) is 3.84. The topological polar surface area (TPSA) is 28.5 Å². The van der Waals surface area contributed by atoms with Gasteiger partial charge in [-0.1, -0.05) is 17.7 Å². The van der Waals surface area contributed by atoms with E-state index in [-0.39, 0.29) is 0 Å². The number of pyridine rings is 1. The smallest absolute Gasteiger partial charge is 0.150 e. The number of nitrogens with zero attached hydrogens (tertiary/aromatic N) is 3. The van der Waals surface area contributed by atoms with Gasteiger partial charge in [0.15, 0.2) is 0 Å². The molecule has 0 aromatic carbocycles. The number of halogens is 1. The summed E-state index contributed by atoms with van der Waals surface area (Å²) in [6, 6.07) is 6.09. The molecule has 0 spiro atoms. The molecule has 0 amide bonds. The lowest BCUT2D eigenvalue weighted by atomic mass is 10.2. The molecular formula is C11H14ClN3. The van der Waals surface area contributed by atoms with Crippen LogP contribution in [0.15, 0.2) is 23.2 Å². The van der Waals surface area contributed by atoms with Crippen molar-refractivity contribution in [3.05, 3.63) is 29.0 Å². The molecule has 1 aliphatic rings. The molecule has 0 unspecified atom stereocenters. The van der Waals surface area contributed by atoms with E-state index in [9.17, 15) is 0 Å². The van der Waals surface area contributed by atoms with Crippen molar-refractivity contribution in [2.24, 2.45) is 4.99 Å². The Morgan fingerprint density at radius 1 is 1.40 bits per heavy atom. The number of amidine groups is 1. The number of hydrogen-bond acceptors (Lipinski definition) is 3. The first-order valence-electron chi connectivity index (χ1n) is 5.12. The van der Waals surface area contributed by atoms with E-state index in [2.05, 4.69) is 28.7 Å². The second-order valence-corrected chi connectivity index (χ2v) is 4.23. The number of aliphatic imine (C=N–C) groups is 1. The number of hydrogen-bond donors (Lipinski definition) is 0. The molecule has 0 bridgehead atoms. The van der Waals surface area contributed by atoms with Crippen molar-refractivity contribution in [3.63, 3.8) is 0 Å². The van der Waals surface area contributed by atoms with Gasteiger partial charge in [0.25, 0.3) is 0 Å². The highest BCUT2D eigenvalue weighted by atomic mass is 35.5. The van der Waals surface area contributed by atoms with Crippen LogP contribution in [-0.4, -0.2) is 34.9 Å². The first-order chi connectivity index (χ1) is 7.18. The Kier molecular flexibility index (Phi) is 2.91. The van der Waals surface area contributed by atoms with Gasteiger partial charge in [-0.15, -0.1) is 0 Å². The fourth-order valence-corrected chi connectivity index (χ4v) is 1.89. The summed E-state index contributed by atoms with van der Waals surface area (Å²) in [5.74, 6) is 0.965. The van der Waals surface area contributed by atoms with Crippen LogP contribution in [0.25, 0.3) is 0 Å². The van der Waals surface area contributed by atoms with Gasteiger partial charge in [-0.2, -0.15) is 0 Å². The van der Waals surface area contributed by atoms with Crippen molar-refractivity contribution in [3.8, 4) is 0 Å². The normalized spacial score (nSPS) is 16.0. The molecule has 0 atom stereocenters. The van der Waals surface area contributed by atoms with E-state index in [0.29, 0.717) is 11.2 Å². The molecule has 2 heterocycles. The average molecular weight is 224 g/mol. The fourth-order valence-electron chi connectivity index (χ4n) is 1.72. The predicted molar refractivity (Wildman–Crippen MR) is 62.5 cm³/mol. The van der Waals surface area contributed by atoms with Crippen molar-refractivity contribution < 1.29 is 0 Å². The Labute approximate surface area is 94.8 Å². The van der Waals surface area contributed by atoms with Crippen molar-refractivity contribution in [1.29, 1.82) is 0 Å². The Hall–Kier alpha value is -1.09. The van der Waals surface area contributed by atoms with E-state index in [4.69, 9.17) is 11.6 Å². The molecular weight excluding hydrogens is 210 g/mol. The number of rotatable bonds is 2. The Bertz CT molecular complexity index is 387. The maximum absolute atomic E-state index is 5.87. The molecule has 0 fully saturated rings. The highest BCUT2D eigenvalue weighted by Gasteiger charge is 2.21. The largest absolute Gasteiger partial charge is 0.351 e. The van der Waals surface area contributed by atoms with E-state index in [1.807, 2.05) is 12.1 Å². The third-order valence-electron chi connectivity index (χ3n) is 2.44. The van der Waals surface area contributed by atoms with Crippen LogP contribution in [0.5, 0.6) is 0 Å². The number of aromatic nitrogens is 1. The Balaban J connectivity index is 2.31. The Morgan fingerprint density at radius 3 is 2.87 bits per heavy atom. The zero-order valence-electron chi connectivity index (χ0n) is 8.94. The summed E-state index contributed by atoms with van der Waals surface area (Å²) in [5.41, 5.74) is 0.869. The van der Waals surface area contributed by atoms with Gasteiger partial charge in [-0.05, 0) is 26.0 Å². The van der Waals surface area contributed by atoms with Crippen LogP contribution in [0, 0.1) is 0 Å². The van der Waals surface area contributed by atoms with Gasteiger partial charge >= 0.3 is 0 Å². The van der Waals surface area contributed by atoms with Crippen LogP contribution in [-0.2, 0) is 0 Å². The zero-order chi connectivity index (χ0) is 10.8. The van der Waals surface area contributed by atoms with Gasteiger partial charge in [0, 0.05) is 12.6 Å². The van der Waals surface area contributed by atoms with Crippen LogP contribution >= 0.6 is 11.6 Å². The summed E-state index contributed by atoms with van der Waals surface area (Å²) in [5, 5.41) is 0.519. The van der Waals surface area contributed by atoms with Gasteiger partial charge in [-0.3, -0.25) is 4.99 Å². The molecule has 0 saturated carbocycles. The maximum Gasteiger partial charge on any atom is 0.150 e. The first-order valence-corrected chi connectivity index (χ1v) is 5.50. The molecule has 4 heteroatoms. The zero-order valence-corrected chi connectivity index (χ0v) is 9.70. The van der Waals surface area contributed by atoms with E-state index >= 15 is 0 Å². The van der Waals surface area contributed by atoms with Gasteiger partial charge < -0.3 is 4.90 Å². The molecule has 80 valence electrons. The third kappa shape index (κ3) is 2.12. The molecule has 0 aliphatic carbocycles. The molecule has 1 aromatic heterocycles. The lowest BCUT2D eigenvalue weighted by Crippen LogP contribution is -2.35. The minimum Gasteiger partial charge on any atom is -0.351 e. The highest BCUT2D eigenvalue weighted by Crippen LogP contribution is 2.14. The summed E-state index contributed by atoms with van der Waals surface area (Å²) in [4.78, 5) is 11.0. The van der Waals surface area contributed by atoms with Crippen LogP contribution in [0.2, 0.25) is 5.15 Å². The van der Waals surface area contributed by atoms with Crippen molar-refractivity contribution in [1.82, 2.24) is 9.88 Å².